The highest BCUT2D eigenvalue weighted by Crippen LogP contribution is 2.23. The van der Waals surface area contributed by atoms with Crippen LogP contribution >= 0.6 is 27.5 Å². The van der Waals surface area contributed by atoms with Crippen LogP contribution in [0.3, 0.4) is 0 Å². The van der Waals surface area contributed by atoms with Gasteiger partial charge in [0.2, 0.25) is 0 Å². The summed E-state index contributed by atoms with van der Waals surface area (Å²) in [5.74, 6) is -0.486. The van der Waals surface area contributed by atoms with Gasteiger partial charge in [0.25, 0.3) is 0 Å². The van der Waals surface area contributed by atoms with Crippen LogP contribution in [-0.4, -0.2) is 12.4 Å². The SMILES string of the molecule is CN(C(=O)Cl)c1cc(Br)ccc1F. The van der Waals surface area contributed by atoms with E-state index in [1.54, 1.807) is 6.07 Å². The molecule has 0 radical (unpaired) electrons. The maximum Gasteiger partial charge on any atom is 0.320 e. The molecule has 0 N–H and O–H groups in total. The van der Waals surface area contributed by atoms with Crippen LogP contribution in [0.15, 0.2) is 22.7 Å². The topological polar surface area (TPSA) is 20.3 Å². The van der Waals surface area contributed by atoms with Gasteiger partial charge in [-0.15, -0.1) is 0 Å². The molecular weight excluding hydrogens is 260 g/mol. The predicted molar refractivity (Wildman–Crippen MR) is 53.8 cm³/mol. The number of hydrogen-bond donors (Lipinski definition) is 0. The second-order valence-corrected chi connectivity index (χ2v) is 3.65. The van der Waals surface area contributed by atoms with Crippen LogP contribution < -0.4 is 4.90 Å². The molecule has 0 aliphatic rings. The van der Waals surface area contributed by atoms with Crippen molar-refractivity contribution in [2.75, 3.05) is 11.9 Å². The fraction of sp³-hybridized carbons (Fsp3) is 0.125. The molecule has 0 aliphatic heterocycles. The number of anilines is 1. The number of rotatable bonds is 1. The Morgan fingerprint density at radius 2 is 2.23 bits per heavy atom. The first-order chi connectivity index (χ1) is 6.02. The Hall–Kier alpha value is -0.610. The fourth-order valence-corrected chi connectivity index (χ4v) is 1.28. The summed E-state index contributed by atoms with van der Waals surface area (Å²) in [4.78, 5) is 11.7. The average molecular weight is 266 g/mol. The molecule has 5 heteroatoms. The third-order valence-corrected chi connectivity index (χ3v) is 2.28. The Morgan fingerprint density at radius 3 is 2.77 bits per heavy atom. The largest absolute Gasteiger partial charge is 0.320 e. The zero-order chi connectivity index (χ0) is 10.0. The van der Waals surface area contributed by atoms with Gasteiger partial charge in [-0.1, -0.05) is 15.9 Å². The lowest BCUT2D eigenvalue weighted by atomic mass is 10.3. The molecule has 70 valence electrons. The van der Waals surface area contributed by atoms with Crippen molar-refractivity contribution in [2.45, 2.75) is 0 Å². The second kappa shape index (κ2) is 4.07. The fourth-order valence-electron chi connectivity index (χ4n) is 0.838. The Bertz CT molecular complexity index is 345. The zero-order valence-electron chi connectivity index (χ0n) is 6.72. The monoisotopic (exact) mass is 265 g/mol. The highest BCUT2D eigenvalue weighted by Gasteiger charge is 2.12. The van der Waals surface area contributed by atoms with Crippen LogP contribution in [0.2, 0.25) is 0 Å². The van der Waals surface area contributed by atoms with E-state index >= 15 is 0 Å². The molecular formula is C8H6BrClFNO. The van der Waals surface area contributed by atoms with E-state index in [0.29, 0.717) is 4.47 Å². The van der Waals surface area contributed by atoms with Crippen LogP contribution in [0.25, 0.3) is 0 Å². The lowest BCUT2D eigenvalue weighted by Gasteiger charge is -2.14. The van der Waals surface area contributed by atoms with Gasteiger partial charge in [0.05, 0.1) is 5.69 Å². The molecule has 0 atom stereocenters. The molecule has 1 rings (SSSR count). The first-order valence-corrected chi connectivity index (χ1v) is 4.57. The number of amides is 1. The number of carbonyl (C=O) groups is 1. The Kier molecular flexibility index (Phi) is 3.27. The van der Waals surface area contributed by atoms with Gasteiger partial charge in [0.1, 0.15) is 5.82 Å². The quantitative estimate of drug-likeness (QED) is 0.564. The summed E-state index contributed by atoms with van der Waals surface area (Å²) < 4.78 is 13.8. The van der Waals surface area contributed by atoms with Gasteiger partial charge in [-0.2, -0.15) is 0 Å². The van der Waals surface area contributed by atoms with E-state index in [1.165, 1.54) is 19.2 Å². The van der Waals surface area contributed by atoms with Crippen LogP contribution in [0.1, 0.15) is 0 Å². The molecule has 0 fully saturated rings. The summed E-state index contributed by atoms with van der Waals surface area (Å²) in [6.45, 7) is 0. The van der Waals surface area contributed by atoms with E-state index in [2.05, 4.69) is 15.9 Å². The van der Waals surface area contributed by atoms with Crippen molar-refractivity contribution < 1.29 is 9.18 Å². The molecule has 0 saturated carbocycles. The first kappa shape index (κ1) is 10.5. The third kappa shape index (κ3) is 2.42. The minimum absolute atomic E-state index is 0.148. The maximum absolute atomic E-state index is 13.1. The van der Waals surface area contributed by atoms with Gasteiger partial charge in [0.15, 0.2) is 0 Å². The molecule has 0 aliphatic carbocycles. The third-order valence-electron chi connectivity index (χ3n) is 1.53. The average Bonchev–Trinajstić information content (AvgIpc) is 2.08. The van der Waals surface area contributed by atoms with Crippen molar-refractivity contribution in [1.29, 1.82) is 0 Å². The van der Waals surface area contributed by atoms with Crippen molar-refractivity contribution in [3.8, 4) is 0 Å². The summed E-state index contributed by atoms with van der Waals surface area (Å²) in [7, 11) is 1.40. The van der Waals surface area contributed by atoms with E-state index in [-0.39, 0.29) is 5.69 Å². The Morgan fingerprint density at radius 1 is 1.62 bits per heavy atom. The highest BCUT2D eigenvalue weighted by atomic mass is 79.9. The van der Waals surface area contributed by atoms with Gasteiger partial charge in [-0.3, -0.25) is 9.69 Å². The number of halogens is 3. The molecule has 0 spiro atoms. The van der Waals surface area contributed by atoms with Gasteiger partial charge in [-0.05, 0) is 29.8 Å². The molecule has 0 saturated heterocycles. The smallest absolute Gasteiger partial charge is 0.299 e. The molecule has 13 heavy (non-hydrogen) atoms. The molecule has 1 amide bonds. The highest BCUT2D eigenvalue weighted by molar-refractivity contribution is 9.10. The predicted octanol–water partition coefficient (Wildman–Crippen LogP) is 3.38. The van der Waals surface area contributed by atoms with Crippen molar-refractivity contribution in [1.82, 2.24) is 0 Å². The van der Waals surface area contributed by atoms with Crippen molar-refractivity contribution >= 4 is 38.6 Å². The summed E-state index contributed by atoms with van der Waals surface area (Å²) >= 11 is 8.36. The van der Waals surface area contributed by atoms with E-state index in [4.69, 9.17) is 11.6 Å². The standard InChI is InChI=1S/C8H6BrClFNO/c1-12(8(10)13)7-4-5(9)2-3-6(7)11/h2-4H,1H3. The van der Waals surface area contributed by atoms with E-state index in [1.807, 2.05) is 0 Å². The van der Waals surface area contributed by atoms with Crippen LogP contribution in [0.5, 0.6) is 0 Å². The lowest BCUT2D eigenvalue weighted by Crippen LogP contribution is -2.20. The minimum Gasteiger partial charge on any atom is -0.299 e. The molecule has 0 bridgehead atoms. The molecule has 2 nitrogen and oxygen atoms in total. The van der Waals surface area contributed by atoms with Crippen LogP contribution in [0, 0.1) is 5.82 Å². The van der Waals surface area contributed by atoms with Gasteiger partial charge in [0, 0.05) is 11.5 Å². The number of benzene rings is 1. The Balaban J connectivity index is 3.12. The van der Waals surface area contributed by atoms with E-state index in [0.717, 1.165) is 4.90 Å². The first-order valence-electron chi connectivity index (χ1n) is 3.40. The Labute approximate surface area is 88.4 Å². The van der Waals surface area contributed by atoms with Crippen molar-refractivity contribution in [3.63, 3.8) is 0 Å². The molecule has 0 aromatic heterocycles. The van der Waals surface area contributed by atoms with Gasteiger partial charge >= 0.3 is 5.37 Å². The summed E-state index contributed by atoms with van der Waals surface area (Å²) in [6, 6.07) is 4.29. The zero-order valence-corrected chi connectivity index (χ0v) is 9.06. The van der Waals surface area contributed by atoms with Crippen molar-refractivity contribution in [2.24, 2.45) is 0 Å². The minimum atomic E-state index is -0.725. The van der Waals surface area contributed by atoms with Gasteiger partial charge in [-0.25, -0.2) is 4.39 Å². The molecule has 0 heterocycles. The molecule has 0 unspecified atom stereocenters. The summed E-state index contributed by atoms with van der Waals surface area (Å²) in [5, 5.41) is -0.725. The molecule has 1 aromatic carbocycles. The number of nitrogens with zero attached hydrogens (tertiary/aromatic N) is 1. The summed E-state index contributed by atoms with van der Waals surface area (Å²) in [5.41, 5.74) is 0.148. The molecule has 1 aromatic rings. The number of hydrogen-bond acceptors (Lipinski definition) is 1. The van der Waals surface area contributed by atoms with E-state index < -0.39 is 11.2 Å². The lowest BCUT2D eigenvalue weighted by molar-refractivity contribution is 0.265. The van der Waals surface area contributed by atoms with Gasteiger partial charge < -0.3 is 0 Å². The van der Waals surface area contributed by atoms with Crippen LogP contribution in [0.4, 0.5) is 14.9 Å². The van der Waals surface area contributed by atoms with Crippen LogP contribution in [-0.2, 0) is 0 Å². The normalized spacial score (nSPS) is 9.85. The van der Waals surface area contributed by atoms with Crippen molar-refractivity contribution in [3.05, 3.63) is 28.5 Å². The summed E-state index contributed by atoms with van der Waals surface area (Å²) in [6.07, 6.45) is 0. The second-order valence-electron chi connectivity index (χ2n) is 2.41. The maximum atomic E-state index is 13.1. The van der Waals surface area contributed by atoms with E-state index in [9.17, 15) is 9.18 Å². The number of carbonyl (C=O) groups excluding carboxylic acids is 1.